The summed E-state index contributed by atoms with van der Waals surface area (Å²) in [6, 6.07) is 0. The molecule has 0 aromatic rings. The standard InChI is InChI=1S/C9H21N3O/c1-9(2,3)12-6-5-11-8(13)7-10-4/h10,12H,5-7H2,1-4H3,(H,11,13). The van der Waals surface area contributed by atoms with Crippen molar-refractivity contribution >= 4 is 5.91 Å². The number of carbonyl (C=O) groups is 1. The minimum Gasteiger partial charge on any atom is -0.354 e. The maximum atomic E-state index is 11.0. The van der Waals surface area contributed by atoms with E-state index in [4.69, 9.17) is 0 Å². The molecular weight excluding hydrogens is 166 g/mol. The summed E-state index contributed by atoms with van der Waals surface area (Å²) in [5.74, 6) is 0.0400. The molecule has 0 aliphatic heterocycles. The van der Waals surface area contributed by atoms with Gasteiger partial charge in [-0.2, -0.15) is 0 Å². The Kier molecular flexibility index (Phi) is 5.66. The second-order valence-electron chi connectivity index (χ2n) is 4.06. The lowest BCUT2D eigenvalue weighted by molar-refractivity contribution is -0.120. The van der Waals surface area contributed by atoms with Crippen LogP contribution in [0.15, 0.2) is 0 Å². The predicted molar refractivity (Wildman–Crippen MR) is 54.7 cm³/mol. The van der Waals surface area contributed by atoms with E-state index in [2.05, 4.69) is 36.7 Å². The number of nitrogens with one attached hydrogen (secondary N) is 3. The van der Waals surface area contributed by atoms with Crippen LogP contribution in [0.3, 0.4) is 0 Å². The van der Waals surface area contributed by atoms with E-state index in [0.717, 1.165) is 6.54 Å². The molecule has 0 saturated carbocycles. The zero-order valence-corrected chi connectivity index (χ0v) is 9.03. The van der Waals surface area contributed by atoms with Crippen LogP contribution in [0.1, 0.15) is 20.8 Å². The molecule has 13 heavy (non-hydrogen) atoms. The van der Waals surface area contributed by atoms with Gasteiger partial charge in [-0.15, -0.1) is 0 Å². The van der Waals surface area contributed by atoms with Crippen LogP contribution in [0.4, 0.5) is 0 Å². The molecule has 4 heteroatoms. The molecule has 4 nitrogen and oxygen atoms in total. The van der Waals surface area contributed by atoms with Gasteiger partial charge in [0.25, 0.3) is 0 Å². The third kappa shape index (κ3) is 9.30. The third-order valence-electron chi connectivity index (χ3n) is 1.44. The molecule has 3 N–H and O–H groups in total. The fourth-order valence-electron chi connectivity index (χ4n) is 0.862. The maximum absolute atomic E-state index is 11.0. The Labute approximate surface area is 80.5 Å². The Bertz CT molecular complexity index is 151. The molecule has 1 amide bonds. The van der Waals surface area contributed by atoms with Crippen LogP contribution in [0.25, 0.3) is 0 Å². The van der Waals surface area contributed by atoms with E-state index in [9.17, 15) is 4.79 Å². The van der Waals surface area contributed by atoms with Crippen molar-refractivity contribution in [3.63, 3.8) is 0 Å². The summed E-state index contributed by atoms with van der Waals surface area (Å²) in [4.78, 5) is 11.0. The van der Waals surface area contributed by atoms with Crippen LogP contribution in [-0.2, 0) is 4.79 Å². The lowest BCUT2D eigenvalue weighted by Crippen LogP contribution is -2.42. The molecule has 78 valence electrons. The van der Waals surface area contributed by atoms with Gasteiger partial charge in [0.15, 0.2) is 0 Å². The summed E-state index contributed by atoms with van der Waals surface area (Å²) in [6.45, 7) is 8.17. The highest BCUT2D eigenvalue weighted by atomic mass is 16.1. The van der Waals surface area contributed by atoms with Crippen molar-refractivity contribution in [1.82, 2.24) is 16.0 Å². The summed E-state index contributed by atoms with van der Waals surface area (Å²) in [6.07, 6.45) is 0. The van der Waals surface area contributed by atoms with Crippen LogP contribution in [0.2, 0.25) is 0 Å². The average Bonchev–Trinajstić information content (AvgIpc) is 1.97. The first kappa shape index (κ1) is 12.4. The van der Waals surface area contributed by atoms with Gasteiger partial charge in [-0.1, -0.05) is 0 Å². The highest BCUT2D eigenvalue weighted by molar-refractivity contribution is 5.77. The van der Waals surface area contributed by atoms with Crippen LogP contribution in [0.5, 0.6) is 0 Å². The fourth-order valence-corrected chi connectivity index (χ4v) is 0.862. The number of carbonyl (C=O) groups excluding carboxylic acids is 1. The van der Waals surface area contributed by atoms with Gasteiger partial charge in [0.1, 0.15) is 0 Å². The zero-order valence-electron chi connectivity index (χ0n) is 9.03. The Hall–Kier alpha value is -0.610. The average molecular weight is 187 g/mol. The molecule has 0 aliphatic carbocycles. The van der Waals surface area contributed by atoms with E-state index in [-0.39, 0.29) is 11.4 Å². The molecule has 0 aromatic carbocycles. The molecule has 0 rings (SSSR count). The fraction of sp³-hybridized carbons (Fsp3) is 0.889. The first-order valence-electron chi connectivity index (χ1n) is 4.62. The lowest BCUT2D eigenvalue weighted by atomic mass is 10.1. The van der Waals surface area contributed by atoms with Crippen molar-refractivity contribution in [2.75, 3.05) is 26.7 Å². The van der Waals surface area contributed by atoms with E-state index < -0.39 is 0 Å². The normalized spacial score (nSPS) is 11.4. The summed E-state index contributed by atoms with van der Waals surface area (Å²) in [5, 5.41) is 8.87. The van der Waals surface area contributed by atoms with Crippen molar-refractivity contribution in [2.24, 2.45) is 0 Å². The maximum Gasteiger partial charge on any atom is 0.233 e. The molecule has 0 radical (unpaired) electrons. The largest absolute Gasteiger partial charge is 0.354 e. The van der Waals surface area contributed by atoms with E-state index in [1.807, 2.05) is 0 Å². The van der Waals surface area contributed by atoms with Gasteiger partial charge in [0, 0.05) is 18.6 Å². The summed E-state index contributed by atoms with van der Waals surface area (Å²) in [7, 11) is 1.76. The molecule has 0 unspecified atom stereocenters. The number of rotatable bonds is 5. The Morgan fingerprint density at radius 3 is 2.31 bits per heavy atom. The topological polar surface area (TPSA) is 53.2 Å². The molecule has 0 spiro atoms. The van der Waals surface area contributed by atoms with Gasteiger partial charge in [-0.3, -0.25) is 4.79 Å². The molecule has 0 aliphatic rings. The summed E-state index contributed by atoms with van der Waals surface area (Å²) < 4.78 is 0. The van der Waals surface area contributed by atoms with Gasteiger partial charge < -0.3 is 16.0 Å². The van der Waals surface area contributed by atoms with Gasteiger partial charge in [-0.25, -0.2) is 0 Å². The molecular formula is C9H21N3O. The zero-order chi connectivity index (χ0) is 10.3. The van der Waals surface area contributed by atoms with E-state index in [1.54, 1.807) is 7.05 Å². The number of hydrogen-bond donors (Lipinski definition) is 3. The van der Waals surface area contributed by atoms with Crippen LogP contribution in [-0.4, -0.2) is 38.1 Å². The van der Waals surface area contributed by atoms with Gasteiger partial charge in [0.2, 0.25) is 5.91 Å². The van der Waals surface area contributed by atoms with E-state index in [1.165, 1.54) is 0 Å². The van der Waals surface area contributed by atoms with E-state index >= 15 is 0 Å². The third-order valence-corrected chi connectivity index (χ3v) is 1.44. The summed E-state index contributed by atoms with van der Waals surface area (Å²) >= 11 is 0. The highest BCUT2D eigenvalue weighted by Gasteiger charge is 2.07. The highest BCUT2D eigenvalue weighted by Crippen LogP contribution is 1.96. The van der Waals surface area contributed by atoms with Gasteiger partial charge in [-0.05, 0) is 27.8 Å². The minimum atomic E-state index is 0.0400. The Morgan fingerprint density at radius 1 is 1.23 bits per heavy atom. The summed E-state index contributed by atoms with van der Waals surface area (Å²) in [5.41, 5.74) is 0.119. The van der Waals surface area contributed by atoms with Crippen molar-refractivity contribution in [3.8, 4) is 0 Å². The number of likely N-dealkylation sites (N-methyl/N-ethyl adjacent to an activating group) is 1. The van der Waals surface area contributed by atoms with Crippen molar-refractivity contribution in [3.05, 3.63) is 0 Å². The SMILES string of the molecule is CNCC(=O)NCCNC(C)(C)C. The number of amides is 1. The molecule has 0 atom stereocenters. The quantitative estimate of drug-likeness (QED) is 0.518. The van der Waals surface area contributed by atoms with Crippen molar-refractivity contribution < 1.29 is 4.79 Å². The number of hydrogen-bond acceptors (Lipinski definition) is 3. The Morgan fingerprint density at radius 2 is 1.85 bits per heavy atom. The van der Waals surface area contributed by atoms with Gasteiger partial charge >= 0.3 is 0 Å². The minimum absolute atomic E-state index is 0.0400. The molecule has 0 saturated heterocycles. The monoisotopic (exact) mass is 187 g/mol. The van der Waals surface area contributed by atoms with Crippen molar-refractivity contribution in [1.29, 1.82) is 0 Å². The second-order valence-corrected chi connectivity index (χ2v) is 4.06. The van der Waals surface area contributed by atoms with Crippen molar-refractivity contribution in [2.45, 2.75) is 26.3 Å². The van der Waals surface area contributed by atoms with Crippen LogP contribution in [0, 0.1) is 0 Å². The van der Waals surface area contributed by atoms with Crippen LogP contribution >= 0.6 is 0 Å². The first-order valence-corrected chi connectivity index (χ1v) is 4.62. The Balaban J connectivity index is 3.31. The molecule has 0 aromatic heterocycles. The molecule has 0 bridgehead atoms. The molecule has 0 fully saturated rings. The van der Waals surface area contributed by atoms with Gasteiger partial charge in [0.05, 0.1) is 6.54 Å². The van der Waals surface area contributed by atoms with E-state index in [0.29, 0.717) is 13.1 Å². The second kappa shape index (κ2) is 5.94. The van der Waals surface area contributed by atoms with Crippen LogP contribution < -0.4 is 16.0 Å². The first-order chi connectivity index (χ1) is 5.95. The lowest BCUT2D eigenvalue weighted by Gasteiger charge is -2.20. The predicted octanol–water partition coefficient (Wildman–Crippen LogP) is -0.290. The molecule has 0 heterocycles. The smallest absolute Gasteiger partial charge is 0.233 e.